The lowest BCUT2D eigenvalue weighted by Crippen LogP contribution is -2.26. The quantitative estimate of drug-likeness (QED) is 0.783. The molecule has 1 aromatic rings. The van der Waals surface area contributed by atoms with Gasteiger partial charge in [0.15, 0.2) is 0 Å². The maximum Gasteiger partial charge on any atom is 0.272 e. The number of carbonyl (C=O) groups excluding carboxylic acids is 2. The highest BCUT2D eigenvalue weighted by atomic mass is 16.2. The lowest BCUT2D eigenvalue weighted by molar-refractivity contribution is -0.120. The summed E-state index contributed by atoms with van der Waals surface area (Å²) >= 11 is 0. The summed E-state index contributed by atoms with van der Waals surface area (Å²) < 4.78 is 0. The Bertz CT molecular complexity index is 460. The maximum atomic E-state index is 11.8. The summed E-state index contributed by atoms with van der Waals surface area (Å²) in [7, 11) is 3.37. The molecule has 0 unspecified atom stereocenters. The van der Waals surface area contributed by atoms with Crippen molar-refractivity contribution in [3.05, 3.63) is 24.0 Å². The molecule has 2 N–H and O–H groups in total. The van der Waals surface area contributed by atoms with Crippen molar-refractivity contribution in [2.45, 2.75) is 19.8 Å². The Morgan fingerprint density at radius 2 is 2.05 bits per heavy atom. The van der Waals surface area contributed by atoms with Gasteiger partial charge < -0.3 is 15.5 Å². The first-order valence-electron chi connectivity index (χ1n) is 6.73. The molecule has 0 atom stereocenters. The van der Waals surface area contributed by atoms with Gasteiger partial charge in [0.25, 0.3) is 5.91 Å². The van der Waals surface area contributed by atoms with Gasteiger partial charge in [-0.05, 0) is 18.6 Å². The number of carbonyl (C=O) groups is 2. The number of anilines is 1. The molecule has 0 fully saturated rings. The molecule has 2 amide bonds. The van der Waals surface area contributed by atoms with E-state index in [-0.39, 0.29) is 11.8 Å². The zero-order valence-corrected chi connectivity index (χ0v) is 12.3. The minimum absolute atomic E-state index is 0.0259. The molecule has 6 nitrogen and oxygen atoms in total. The van der Waals surface area contributed by atoms with Gasteiger partial charge in [0.1, 0.15) is 5.69 Å². The minimum Gasteiger partial charge on any atom is -0.384 e. The second-order valence-corrected chi connectivity index (χ2v) is 4.66. The first-order chi connectivity index (χ1) is 9.54. The Morgan fingerprint density at radius 1 is 1.30 bits per heavy atom. The normalized spacial score (nSPS) is 9.95. The van der Waals surface area contributed by atoms with E-state index >= 15 is 0 Å². The summed E-state index contributed by atoms with van der Waals surface area (Å²) in [5, 5.41) is 5.93. The van der Waals surface area contributed by atoms with Crippen molar-refractivity contribution in [2.75, 3.05) is 32.5 Å². The monoisotopic (exact) mass is 278 g/mol. The zero-order valence-electron chi connectivity index (χ0n) is 12.3. The number of rotatable bonds is 7. The smallest absolute Gasteiger partial charge is 0.272 e. The van der Waals surface area contributed by atoms with Crippen molar-refractivity contribution in [3.63, 3.8) is 0 Å². The van der Waals surface area contributed by atoms with E-state index in [1.807, 2.05) is 6.92 Å². The number of nitrogens with zero attached hydrogens (tertiary/aromatic N) is 2. The standard InChI is InChI=1S/C14H22N4O2/c1-4-7-17-13(19)6-9-15-11-5-8-16-12(10-11)14(20)18(2)3/h5,8,10H,4,6-7,9H2,1-3H3,(H,15,16)(H,17,19). The summed E-state index contributed by atoms with van der Waals surface area (Å²) in [4.78, 5) is 28.7. The zero-order chi connectivity index (χ0) is 15.0. The van der Waals surface area contributed by atoms with Crippen LogP contribution < -0.4 is 10.6 Å². The molecule has 0 bridgehead atoms. The van der Waals surface area contributed by atoms with Crippen molar-refractivity contribution in [1.82, 2.24) is 15.2 Å². The highest BCUT2D eigenvalue weighted by Gasteiger charge is 2.09. The van der Waals surface area contributed by atoms with E-state index in [0.29, 0.717) is 25.2 Å². The Morgan fingerprint density at radius 3 is 2.70 bits per heavy atom. The molecule has 0 spiro atoms. The van der Waals surface area contributed by atoms with Crippen LogP contribution in [-0.4, -0.2) is 48.9 Å². The van der Waals surface area contributed by atoms with E-state index in [1.165, 1.54) is 4.90 Å². The van der Waals surface area contributed by atoms with Crippen LogP contribution in [0.3, 0.4) is 0 Å². The molecule has 0 saturated heterocycles. The average Bonchev–Trinajstić information content (AvgIpc) is 2.44. The second kappa shape index (κ2) is 8.14. The fourth-order valence-corrected chi connectivity index (χ4v) is 1.56. The molecular formula is C14H22N4O2. The molecule has 20 heavy (non-hydrogen) atoms. The van der Waals surface area contributed by atoms with Crippen LogP contribution >= 0.6 is 0 Å². The number of amides is 2. The van der Waals surface area contributed by atoms with Crippen LogP contribution in [0.25, 0.3) is 0 Å². The SMILES string of the molecule is CCCNC(=O)CCNc1ccnc(C(=O)N(C)C)c1. The minimum atomic E-state index is -0.144. The summed E-state index contributed by atoms with van der Waals surface area (Å²) in [5.74, 6) is -0.118. The van der Waals surface area contributed by atoms with Crippen LogP contribution in [0.5, 0.6) is 0 Å². The lowest BCUT2D eigenvalue weighted by atomic mass is 10.3. The highest BCUT2D eigenvalue weighted by molar-refractivity contribution is 5.92. The largest absolute Gasteiger partial charge is 0.384 e. The fourth-order valence-electron chi connectivity index (χ4n) is 1.56. The van der Waals surface area contributed by atoms with Crippen molar-refractivity contribution in [3.8, 4) is 0 Å². The van der Waals surface area contributed by atoms with Gasteiger partial charge in [0.2, 0.25) is 5.91 Å². The van der Waals surface area contributed by atoms with E-state index in [9.17, 15) is 9.59 Å². The lowest BCUT2D eigenvalue weighted by Gasteiger charge is -2.11. The topological polar surface area (TPSA) is 74.3 Å². The Kier molecular flexibility index (Phi) is 6.49. The predicted molar refractivity (Wildman–Crippen MR) is 78.7 cm³/mol. The van der Waals surface area contributed by atoms with Crippen molar-refractivity contribution in [1.29, 1.82) is 0 Å². The number of hydrogen-bond acceptors (Lipinski definition) is 4. The van der Waals surface area contributed by atoms with Crippen molar-refractivity contribution in [2.24, 2.45) is 0 Å². The van der Waals surface area contributed by atoms with E-state index in [1.54, 1.807) is 32.4 Å². The van der Waals surface area contributed by atoms with Crippen molar-refractivity contribution < 1.29 is 9.59 Å². The summed E-state index contributed by atoms with van der Waals surface area (Å²) in [6.07, 6.45) is 2.91. The molecule has 0 aliphatic rings. The molecule has 0 radical (unpaired) electrons. The van der Waals surface area contributed by atoms with Crippen molar-refractivity contribution >= 4 is 17.5 Å². The third-order valence-electron chi connectivity index (χ3n) is 2.64. The van der Waals surface area contributed by atoms with E-state index < -0.39 is 0 Å². The van der Waals surface area contributed by atoms with Crippen LogP contribution in [0, 0.1) is 0 Å². The van der Waals surface area contributed by atoms with Gasteiger partial charge in [-0.1, -0.05) is 6.92 Å². The van der Waals surface area contributed by atoms with E-state index in [4.69, 9.17) is 0 Å². The predicted octanol–water partition coefficient (Wildman–Crippen LogP) is 1.11. The van der Waals surface area contributed by atoms with E-state index in [2.05, 4.69) is 15.6 Å². The first-order valence-corrected chi connectivity index (χ1v) is 6.73. The molecule has 0 aliphatic carbocycles. The molecule has 0 aromatic carbocycles. The summed E-state index contributed by atoms with van der Waals surface area (Å²) in [5.41, 5.74) is 1.17. The molecule has 1 aromatic heterocycles. The van der Waals surface area contributed by atoms with Gasteiger partial charge in [-0.2, -0.15) is 0 Å². The van der Waals surface area contributed by atoms with E-state index in [0.717, 1.165) is 12.1 Å². The number of aromatic nitrogens is 1. The van der Waals surface area contributed by atoms with Gasteiger partial charge in [0.05, 0.1) is 0 Å². The Balaban J connectivity index is 2.47. The summed E-state index contributed by atoms with van der Waals surface area (Å²) in [6.45, 7) is 3.24. The molecular weight excluding hydrogens is 256 g/mol. The Labute approximate surface area is 119 Å². The fraction of sp³-hybridized carbons (Fsp3) is 0.500. The molecule has 1 rings (SSSR count). The van der Waals surface area contributed by atoms with Gasteiger partial charge in [0, 0.05) is 45.5 Å². The first kappa shape index (κ1) is 15.9. The molecule has 1 heterocycles. The second-order valence-electron chi connectivity index (χ2n) is 4.66. The summed E-state index contributed by atoms with van der Waals surface area (Å²) in [6, 6.07) is 3.46. The molecule has 0 aliphatic heterocycles. The average molecular weight is 278 g/mol. The molecule has 110 valence electrons. The van der Waals surface area contributed by atoms with Crippen LogP contribution in [0.2, 0.25) is 0 Å². The van der Waals surface area contributed by atoms with Gasteiger partial charge in [-0.15, -0.1) is 0 Å². The van der Waals surface area contributed by atoms with Crippen LogP contribution in [0.15, 0.2) is 18.3 Å². The Hall–Kier alpha value is -2.11. The van der Waals surface area contributed by atoms with Crippen LogP contribution in [0.1, 0.15) is 30.3 Å². The maximum absolute atomic E-state index is 11.8. The third kappa shape index (κ3) is 5.26. The number of hydrogen-bond donors (Lipinski definition) is 2. The number of nitrogens with one attached hydrogen (secondary N) is 2. The van der Waals surface area contributed by atoms with Crippen LogP contribution in [-0.2, 0) is 4.79 Å². The van der Waals surface area contributed by atoms with Gasteiger partial charge >= 0.3 is 0 Å². The molecule has 6 heteroatoms. The van der Waals surface area contributed by atoms with Gasteiger partial charge in [-0.3, -0.25) is 14.6 Å². The molecule has 0 saturated carbocycles. The van der Waals surface area contributed by atoms with Crippen LogP contribution in [0.4, 0.5) is 5.69 Å². The number of pyridine rings is 1. The highest BCUT2D eigenvalue weighted by Crippen LogP contribution is 2.09. The van der Waals surface area contributed by atoms with Gasteiger partial charge in [-0.25, -0.2) is 0 Å². The third-order valence-corrected chi connectivity index (χ3v) is 2.64.